The van der Waals surface area contributed by atoms with E-state index in [4.69, 9.17) is 18.9 Å². The highest BCUT2D eigenvalue weighted by Gasteiger charge is 2.30. The number of hydrogen-bond donors (Lipinski definition) is 1. The highest BCUT2D eigenvalue weighted by atomic mass is 79.9. The molecule has 1 aliphatic heterocycles. The summed E-state index contributed by atoms with van der Waals surface area (Å²) in [6, 6.07) is 8.58. The molecule has 1 fully saturated rings. The van der Waals surface area contributed by atoms with E-state index in [-0.39, 0.29) is 11.9 Å². The lowest BCUT2D eigenvalue weighted by Gasteiger charge is -2.21. The molecule has 0 aromatic heterocycles. The summed E-state index contributed by atoms with van der Waals surface area (Å²) in [5.74, 6) is 2.28. The third-order valence-corrected chi connectivity index (χ3v) is 5.71. The molecular formula is C22H26BrN3O5. The van der Waals surface area contributed by atoms with Crippen LogP contribution in [0.5, 0.6) is 23.0 Å². The third kappa shape index (κ3) is 5.22. The molecular weight excluding hydrogens is 466 g/mol. The smallest absolute Gasteiger partial charge is 0.248 e. The minimum atomic E-state index is -0.358. The molecule has 1 N–H and O–H groups in total. The molecule has 1 amide bonds. The maximum Gasteiger partial charge on any atom is 0.248 e. The first-order valence-electron chi connectivity index (χ1n) is 9.75. The number of halogens is 1. The monoisotopic (exact) mass is 491 g/mol. The Labute approximate surface area is 190 Å². The van der Waals surface area contributed by atoms with Gasteiger partial charge < -0.3 is 24.3 Å². The Morgan fingerprint density at radius 1 is 1.03 bits per heavy atom. The molecule has 1 unspecified atom stereocenters. The second kappa shape index (κ2) is 10.4. The van der Waals surface area contributed by atoms with Crippen molar-refractivity contribution in [2.24, 2.45) is 5.10 Å². The average molecular weight is 492 g/mol. The predicted molar refractivity (Wildman–Crippen MR) is 123 cm³/mol. The normalized spacial score (nSPS) is 15.8. The molecule has 0 saturated carbocycles. The van der Waals surface area contributed by atoms with Gasteiger partial charge in [0.25, 0.3) is 0 Å². The van der Waals surface area contributed by atoms with Crippen molar-refractivity contribution in [3.05, 3.63) is 40.4 Å². The molecule has 0 spiro atoms. The summed E-state index contributed by atoms with van der Waals surface area (Å²) in [6.07, 6.45) is 3.33. The first-order chi connectivity index (χ1) is 15.0. The standard InChI is InChI=1S/C22H26BrN3O5/c1-28-18-8-7-15(11-20(18)30-3)25-22(27)17-6-5-9-26(17)24-13-14-10-19(29-2)21(31-4)12-16(14)23/h7-8,10-13,17H,5-6,9H2,1-4H3,(H,25,27)/b24-13+. The fourth-order valence-electron chi connectivity index (χ4n) is 3.40. The van der Waals surface area contributed by atoms with Gasteiger partial charge in [-0.1, -0.05) is 0 Å². The average Bonchev–Trinajstić information content (AvgIpc) is 3.26. The number of carbonyl (C=O) groups is 1. The second-order valence-corrected chi connectivity index (χ2v) is 7.71. The van der Waals surface area contributed by atoms with Crippen LogP contribution in [0.1, 0.15) is 18.4 Å². The Morgan fingerprint density at radius 3 is 2.35 bits per heavy atom. The first-order valence-corrected chi connectivity index (χ1v) is 10.5. The van der Waals surface area contributed by atoms with E-state index in [9.17, 15) is 4.79 Å². The van der Waals surface area contributed by atoms with E-state index >= 15 is 0 Å². The maximum absolute atomic E-state index is 12.9. The maximum atomic E-state index is 12.9. The van der Waals surface area contributed by atoms with Crippen molar-refractivity contribution in [3.63, 3.8) is 0 Å². The van der Waals surface area contributed by atoms with Crippen LogP contribution < -0.4 is 24.3 Å². The quantitative estimate of drug-likeness (QED) is 0.563. The van der Waals surface area contributed by atoms with Crippen LogP contribution in [-0.4, -0.2) is 58.2 Å². The molecule has 0 bridgehead atoms. The lowest BCUT2D eigenvalue weighted by Crippen LogP contribution is -2.36. The van der Waals surface area contributed by atoms with Crippen LogP contribution in [0.15, 0.2) is 39.9 Å². The van der Waals surface area contributed by atoms with Crippen molar-refractivity contribution in [2.45, 2.75) is 18.9 Å². The van der Waals surface area contributed by atoms with Crippen molar-refractivity contribution < 1.29 is 23.7 Å². The number of carbonyl (C=O) groups excluding carboxylic acids is 1. The molecule has 31 heavy (non-hydrogen) atoms. The largest absolute Gasteiger partial charge is 0.493 e. The van der Waals surface area contributed by atoms with E-state index in [1.54, 1.807) is 57.9 Å². The zero-order chi connectivity index (χ0) is 22.4. The number of ether oxygens (including phenoxy) is 4. The van der Waals surface area contributed by atoms with Crippen molar-refractivity contribution in [2.75, 3.05) is 40.3 Å². The molecule has 8 nitrogen and oxygen atoms in total. The number of amides is 1. The van der Waals surface area contributed by atoms with Crippen LogP contribution in [0.4, 0.5) is 5.69 Å². The molecule has 2 aromatic rings. The molecule has 1 saturated heterocycles. The fraction of sp³-hybridized carbons (Fsp3) is 0.364. The van der Waals surface area contributed by atoms with Gasteiger partial charge in [0.15, 0.2) is 23.0 Å². The summed E-state index contributed by atoms with van der Waals surface area (Å²) in [5.41, 5.74) is 1.46. The van der Waals surface area contributed by atoms with E-state index < -0.39 is 0 Å². The summed E-state index contributed by atoms with van der Waals surface area (Å²) in [5, 5.41) is 9.32. The van der Waals surface area contributed by atoms with Crippen LogP contribution in [0, 0.1) is 0 Å². The van der Waals surface area contributed by atoms with Crippen LogP contribution in [0.2, 0.25) is 0 Å². The zero-order valence-corrected chi connectivity index (χ0v) is 19.6. The Kier molecular flexibility index (Phi) is 7.62. The van der Waals surface area contributed by atoms with Crippen LogP contribution in [-0.2, 0) is 4.79 Å². The van der Waals surface area contributed by atoms with Crippen molar-refractivity contribution >= 4 is 33.7 Å². The Bertz CT molecular complexity index is 966. The van der Waals surface area contributed by atoms with Crippen molar-refractivity contribution in [1.29, 1.82) is 0 Å². The number of nitrogens with one attached hydrogen (secondary N) is 1. The molecule has 0 radical (unpaired) electrons. The van der Waals surface area contributed by atoms with Gasteiger partial charge in [0.1, 0.15) is 6.04 Å². The first kappa shape index (κ1) is 22.7. The molecule has 0 aliphatic carbocycles. The number of hydrogen-bond acceptors (Lipinski definition) is 7. The van der Waals surface area contributed by atoms with Crippen LogP contribution >= 0.6 is 15.9 Å². The molecule has 3 rings (SSSR count). The van der Waals surface area contributed by atoms with Gasteiger partial charge in [-0.25, -0.2) is 0 Å². The summed E-state index contributed by atoms with van der Waals surface area (Å²) < 4.78 is 22.0. The van der Waals surface area contributed by atoms with Crippen molar-refractivity contribution in [3.8, 4) is 23.0 Å². The number of rotatable bonds is 8. The molecule has 1 heterocycles. The topological polar surface area (TPSA) is 81.6 Å². The summed E-state index contributed by atoms with van der Waals surface area (Å²) >= 11 is 3.53. The summed E-state index contributed by atoms with van der Waals surface area (Å²) in [7, 11) is 6.30. The van der Waals surface area contributed by atoms with Gasteiger partial charge in [0, 0.05) is 28.3 Å². The van der Waals surface area contributed by atoms with Crippen LogP contribution in [0.25, 0.3) is 0 Å². The van der Waals surface area contributed by atoms with Gasteiger partial charge >= 0.3 is 0 Å². The fourth-order valence-corrected chi connectivity index (χ4v) is 3.83. The molecule has 2 aromatic carbocycles. The Hall–Kier alpha value is -2.94. The van der Waals surface area contributed by atoms with E-state index in [0.717, 1.165) is 22.9 Å². The summed E-state index contributed by atoms with van der Waals surface area (Å²) in [4.78, 5) is 12.9. The minimum absolute atomic E-state index is 0.117. The lowest BCUT2D eigenvalue weighted by atomic mass is 10.2. The van der Waals surface area contributed by atoms with Crippen LogP contribution in [0.3, 0.4) is 0 Å². The van der Waals surface area contributed by atoms with E-state index in [1.165, 1.54) is 0 Å². The Balaban J connectivity index is 1.73. The van der Waals surface area contributed by atoms with E-state index in [0.29, 0.717) is 35.2 Å². The summed E-state index contributed by atoms with van der Waals surface area (Å²) in [6.45, 7) is 0.700. The van der Waals surface area contributed by atoms with Gasteiger partial charge in [0.2, 0.25) is 5.91 Å². The Morgan fingerprint density at radius 2 is 1.68 bits per heavy atom. The number of anilines is 1. The van der Waals surface area contributed by atoms with Crippen molar-refractivity contribution in [1.82, 2.24) is 5.01 Å². The van der Waals surface area contributed by atoms with Gasteiger partial charge in [-0.15, -0.1) is 0 Å². The highest BCUT2D eigenvalue weighted by molar-refractivity contribution is 9.10. The lowest BCUT2D eigenvalue weighted by molar-refractivity contribution is -0.120. The van der Waals surface area contributed by atoms with E-state index in [1.807, 2.05) is 12.1 Å². The number of nitrogens with zero attached hydrogens (tertiary/aromatic N) is 2. The molecule has 166 valence electrons. The number of benzene rings is 2. The predicted octanol–water partition coefficient (Wildman–Crippen LogP) is 3.92. The SMILES string of the molecule is COc1ccc(NC(=O)C2CCCN2/N=C/c2cc(OC)c(OC)cc2Br)cc1OC. The molecule has 9 heteroatoms. The zero-order valence-electron chi connectivity index (χ0n) is 18.0. The second-order valence-electron chi connectivity index (χ2n) is 6.85. The molecule has 1 aliphatic rings. The van der Waals surface area contributed by atoms with Gasteiger partial charge in [-0.3, -0.25) is 9.80 Å². The van der Waals surface area contributed by atoms with Gasteiger partial charge in [0.05, 0.1) is 34.7 Å². The number of methoxy groups -OCH3 is 4. The third-order valence-electron chi connectivity index (χ3n) is 5.03. The van der Waals surface area contributed by atoms with Gasteiger partial charge in [-0.2, -0.15) is 5.10 Å². The van der Waals surface area contributed by atoms with E-state index in [2.05, 4.69) is 26.3 Å². The minimum Gasteiger partial charge on any atom is -0.493 e. The molecule has 1 atom stereocenters. The highest BCUT2D eigenvalue weighted by Crippen LogP contribution is 2.33. The number of hydrazone groups is 1. The van der Waals surface area contributed by atoms with Gasteiger partial charge in [-0.05, 0) is 53.0 Å².